The minimum Gasteiger partial charge on any atom is -0.338 e. The lowest BCUT2D eigenvalue weighted by Gasteiger charge is -2.28. The summed E-state index contributed by atoms with van der Waals surface area (Å²) >= 11 is 0. The Labute approximate surface area is 121 Å². The van der Waals surface area contributed by atoms with Crippen molar-refractivity contribution in [3.05, 3.63) is 35.9 Å². The van der Waals surface area contributed by atoms with Crippen LogP contribution in [0.4, 0.5) is 0 Å². The number of rotatable bonds is 4. The summed E-state index contributed by atoms with van der Waals surface area (Å²) in [5, 5.41) is 0. The van der Waals surface area contributed by atoms with E-state index >= 15 is 0 Å². The zero-order chi connectivity index (χ0) is 13.0. The lowest BCUT2D eigenvalue weighted by atomic mass is 9.95. The van der Waals surface area contributed by atoms with Gasteiger partial charge in [0.2, 0.25) is 5.91 Å². The second kappa shape index (κ2) is 7.51. The Morgan fingerprint density at radius 3 is 2.68 bits per heavy atom. The summed E-state index contributed by atoms with van der Waals surface area (Å²) < 4.78 is 0. The van der Waals surface area contributed by atoms with Gasteiger partial charge in [-0.1, -0.05) is 37.3 Å². The molecule has 1 aliphatic rings. The zero-order valence-electron chi connectivity index (χ0n) is 11.4. The van der Waals surface area contributed by atoms with Gasteiger partial charge in [-0.05, 0) is 24.8 Å². The first-order chi connectivity index (χ1) is 8.77. The molecule has 2 atom stereocenters. The first kappa shape index (κ1) is 16.0. The van der Waals surface area contributed by atoms with Gasteiger partial charge < -0.3 is 10.6 Å². The van der Waals surface area contributed by atoms with E-state index in [2.05, 4.69) is 6.92 Å². The van der Waals surface area contributed by atoms with Crippen molar-refractivity contribution >= 4 is 18.3 Å². The molecule has 0 aliphatic carbocycles. The third-order valence-electron chi connectivity index (χ3n) is 3.84. The molecule has 0 saturated carbocycles. The monoisotopic (exact) mass is 282 g/mol. The number of nitrogens with zero attached hydrogens (tertiary/aromatic N) is 1. The molecule has 106 valence electrons. The topological polar surface area (TPSA) is 46.3 Å². The third-order valence-corrected chi connectivity index (χ3v) is 3.84. The Hall–Kier alpha value is -1.06. The number of hydrogen-bond acceptors (Lipinski definition) is 2. The minimum atomic E-state index is -0.0154. The fourth-order valence-electron chi connectivity index (χ4n) is 2.81. The van der Waals surface area contributed by atoms with Gasteiger partial charge in [-0.3, -0.25) is 4.79 Å². The van der Waals surface area contributed by atoms with Crippen molar-refractivity contribution in [1.29, 1.82) is 0 Å². The van der Waals surface area contributed by atoms with E-state index in [9.17, 15) is 4.79 Å². The summed E-state index contributed by atoms with van der Waals surface area (Å²) in [5.41, 5.74) is 6.87. The highest BCUT2D eigenvalue weighted by Gasteiger charge is 2.32. The smallest absolute Gasteiger partial charge is 0.230 e. The van der Waals surface area contributed by atoms with Gasteiger partial charge in [0, 0.05) is 19.1 Å². The van der Waals surface area contributed by atoms with E-state index in [1.54, 1.807) is 0 Å². The van der Waals surface area contributed by atoms with Gasteiger partial charge in [0.1, 0.15) is 0 Å². The lowest BCUT2D eigenvalue weighted by Crippen LogP contribution is -2.42. The van der Waals surface area contributed by atoms with Gasteiger partial charge in [0.15, 0.2) is 0 Å². The molecule has 1 aromatic carbocycles. The SMILES string of the molecule is CCC(C(=O)N1CCCC1CN)c1ccccc1.Cl. The average molecular weight is 283 g/mol. The Balaban J connectivity index is 0.00000180. The van der Waals surface area contributed by atoms with Gasteiger partial charge in [0.25, 0.3) is 0 Å². The van der Waals surface area contributed by atoms with Gasteiger partial charge in [-0.15, -0.1) is 12.4 Å². The molecule has 3 nitrogen and oxygen atoms in total. The van der Waals surface area contributed by atoms with Crippen LogP contribution in [0.3, 0.4) is 0 Å². The fraction of sp³-hybridized carbons (Fsp3) is 0.533. The van der Waals surface area contributed by atoms with Crippen LogP contribution in [0.5, 0.6) is 0 Å². The molecule has 0 spiro atoms. The van der Waals surface area contributed by atoms with Crippen LogP contribution in [0, 0.1) is 0 Å². The molecular formula is C15H23ClN2O. The van der Waals surface area contributed by atoms with Crippen LogP contribution in [0.1, 0.15) is 37.7 Å². The first-order valence-electron chi connectivity index (χ1n) is 6.83. The van der Waals surface area contributed by atoms with E-state index in [-0.39, 0.29) is 30.3 Å². The average Bonchev–Trinajstić information content (AvgIpc) is 2.89. The Morgan fingerprint density at radius 2 is 2.11 bits per heavy atom. The van der Waals surface area contributed by atoms with Gasteiger partial charge in [-0.25, -0.2) is 0 Å². The molecule has 1 aromatic rings. The number of likely N-dealkylation sites (tertiary alicyclic amines) is 1. The van der Waals surface area contributed by atoms with Crippen molar-refractivity contribution in [3.8, 4) is 0 Å². The standard InChI is InChI=1S/C15H22N2O.ClH/c1-2-14(12-7-4-3-5-8-12)15(18)17-10-6-9-13(17)11-16;/h3-5,7-8,13-14H,2,6,9-11,16H2,1H3;1H. The van der Waals surface area contributed by atoms with Crippen LogP contribution < -0.4 is 5.73 Å². The highest BCUT2D eigenvalue weighted by molar-refractivity contribution is 5.85. The summed E-state index contributed by atoms with van der Waals surface area (Å²) in [7, 11) is 0. The molecule has 1 heterocycles. The van der Waals surface area contributed by atoms with E-state index in [0.29, 0.717) is 6.54 Å². The van der Waals surface area contributed by atoms with Crippen molar-refractivity contribution in [1.82, 2.24) is 4.90 Å². The molecule has 0 bridgehead atoms. The highest BCUT2D eigenvalue weighted by atomic mass is 35.5. The van der Waals surface area contributed by atoms with Crippen molar-refractivity contribution in [2.45, 2.75) is 38.1 Å². The van der Waals surface area contributed by atoms with E-state index < -0.39 is 0 Å². The maximum absolute atomic E-state index is 12.6. The molecule has 4 heteroatoms. The molecule has 19 heavy (non-hydrogen) atoms. The Kier molecular flexibility index (Phi) is 6.32. The van der Waals surface area contributed by atoms with E-state index in [1.165, 1.54) is 0 Å². The van der Waals surface area contributed by atoms with Crippen LogP contribution in [0.15, 0.2) is 30.3 Å². The maximum Gasteiger partial charge on any atom is 0.230 e. The summed E-state index contributed by atoms with van der Waals surface area (Å²) in [4.78, 5) is 14.6. The normalized spacial score (nSPS) is 19.9. The summed E-state index contributed by atoms with van der Waals surface area (Å²) in [6.45, 7) is 3.52. The van der Waals surface area contributed by atoms with Crippen LogP contribution in [-0.4, -0.2) is 29.9 Å². The van der Waals surface area contributed by atoms with Crippen LogP contribution in [0.25, 0.3) is 0 Å². The molecule has 0 aromatic heterocycles. The Bertz CT molecular complexity index is 396. The van der Waals surface area contributed by atoms with Gasteiger partial charge in [0.05, 0.1) is 5.92 Å². The molecule has 1 fully saturated rings. The first-order valence-corrected chi connectivity index (χ1v) is 6.83. The van der Waals surface area contributed by atoms with E-state index in [1.807, 2.05) is 35.2 Å². The number of hydrogen-bond donors (Lipinski definition) is 1. The van der Waals surface area contributed by atoms with Gasteiger partial charge >= 0.3 is 0 Å². The quantitative estimate of drug-likeness (QED) is 0.922. The van der Waals surface area contributed by atoms with Crippen LogP contribution in [-0.2, 0) is 4.79 Å². The number of carbonyl (C=O) groups excluding carboxylic acids is 1. The lowest BCUT2D eigenvalue weighted by molar-refractivity contribution is -0.133. The van der Waals surface area contributed by atoms with Crippen LogP contribution >= 0.6 is 12.4 Å². The van der Waals surface area contributed by atoms with Crippen molar-refractivity contribution in [3.63, 3.8) is 0 Å². The maximum atomic E-state index is 12.6. The number of carbonyl (C=O) groups is 1. The third kappa shape index (κ3) is 3.48. The summed E-state index contributed by atoms with van der Waals surface area (Å²) in [5.74, 6) is 0.231. The molecular weight excluding hydrogens is 260 g/mol. The molecule has 2 rings (SSSR count). The molecule has 2 N–H and O–H groups in total. The molecule has 1 aliphatic heterocycles. The molecule has 0 radical (unpaired) electrons. The summed E-state index contributed by atoms with van der Waals surface area (Å²) in [6, 6.07) is 10.3. The second-order valence-corrected chi connectivity index (χ2v) is 4.93. The van der Waals surface area contributed by atoms with E-state index in [0.717, 1.165) is 31.4 Å². The second-order valence-electron chi connectivity index (χ2n) is 4.93. The molecule has 1 saturated heterocycles. The van der Waals surface area contributed by atoms with E-state index in [4.69, 9.17) is 5.73 Å². The van der Waals surface area contributed by atoms with Crippen molar-refractivity contribution < 1.29 is 4.79 Å². The highest BCUT2D eigenvalue weighted by Crippen LogP contribution is 2.26. The number of amides is 1. The largest absolute Gasteiger partial charge is 0.338 e. The molecule has 2 unspecified atom stereocenters. The molecule has 1 amide bonds. The van der Waals surface area contributed by atoms with Gasteiger partial charge in [-0.2, -0.15) is 0 Å². The Morgan fingerprint density at radius 1 is 1.42 bits per heavy atom. The zero-order valence-corrected chi connectivity index (χ0v) is 12.2. The number of nitrogens with two attached hydrogens (primary N) is 1. The van der Waals surface area contributed by atoms with Crippen molar-refractivity contribution in [2.75, 3.05) is 13.1 Å². The predicted molar refractivity (Wildman–Crippen MR) is 80.5 cm³/mol. The number of benzene rings is 1. The fourth-order valence-corrected chi connectivity index (χ4v) is 2.81. The van der Waals surface area contributed by atoms with Crippen molar-refractivity contribution in [2.24, 2.45) is 5.73 Å². The number of halogens is 1. The predicted octanol–water partition coefficient (Wildman–Crippen LogP) is 2.55. The summed E-state index contributed by atoms with van der Waals surface area (Å²) in [6.07, 6.45) is 2.98. The van der Waals surface area contributed by atoms with Crippen LogP contribution in [0.2, 0.25) is 0 Å². The minimum absolute atomic E-state index is 0.